The number of benzene rings is 1. The van der Waals surface area contributed by atoms with Gasteiger partial charge in [-0.05, 0) is 50.1 Å². The summed E-state index contributed by atoms with van der Waals surface area (Å²) in [4.78, 5) is 12.2. The molecule has 1 atom stereocenters. The van der Waals surface area contributed by atoms with E-state index in [1.54, 1.807) is 18.2 Å². The van der Waals surface area contributed by atoms with Crippen molar-refractivity contribution < 1.29 is 4.79 Å². The first-order chi connectivity index (χ1) is 8.01. The molecule has 0 aliphatic carbocycles. The van der Waals surface area contributed by atoms with Gasteiger partial charge in [-0.2, -0.15) is 0 Å². The Labute approximate surface area is 111 Å². The van der Waals surface area contributed by atoms with Crippen LogP contribution in [0.3, 0.4) is 0 Å². The molecule has 17 heavy (non-hydrogen) atoms. The molecule has 1 aromatic rings. The van der Waals surface area contributed by atoms with Crippen molar-refractivity contribution in [2.45, 2.75) is 31.7 Å². The van der Waals surface area contributed by atoms with Gasteiger partial charge >= 0.3 is 0 Å². The maximum atomic E-state index is 12.2. The molecule has 1 saturated heterocycles. The molecule has 0 radical (unpaired) electrons. The van der Waals surface area contributed by atoms with Gasteiger partial charge in [-0.1, -0.05) is 23.2 Å². The van der Waals surface area contributed by atoms with Crippen LogP contribution in [0.5, 0.6) is 0 Å². The minimum Gasteiger partial charge on any atom is -0.305 e. The van der Waals surface area contributed by atoms with Crippen LogP contribution in [0.25, 0.3) is 0 Å². The molecule has 0 aromatic heterocycles. The van der Waals surface area contributed by atoms with E-state index in [9.17, 15) is 4.79 Å². The Bertz CT molecular complexity index is 439. The van der Waals surface area contributed by atoms with E-state index in [-0.39, 0.29) is 5.78 Å². The summed E-state index contributed by atoms with van der Waals surface area (Å²) in [5, 5.41) is 4.48. The topological polar surface area (TPSA) is 29.1 Å². The average Bonchev–Trinajstić information content (AvgIpc) is 2.72. The van der Waals surface area contributed by atoms with E-state index in [1.165, 1.54) is 0 Å². The number of nitrogens with one attached hydrogen (secondary N) is 1. The fourth-order valence-electron chi connectivity index (χ4n) is 2.18. The van der Waals surface area contributed by atoms with E-state index in [0.717, 1.165) is 24.9 Å². The first-order valence-corrected chi connectivity index (χ1v) is 6.49. The predicted octanol–water partition coefficient (Wildman–Crippen LogP) is 3.25. The van der Waals surface area contributed by atoms with Gasteiger partial charge in [0.1, 0.15) is 0 Å². The molecule has 1 aromatic carbocycles. The molecule has 0 spiro atoms. The summed E-state index contributed by atoms with van der Waals surface area (Å²) in [6, 6.07) is 5.23. The lowest BCUT2D eigenvalue weighted by Crippen LogP contribution is -2.45. The monoisotopic (exact) mass is 271 g/mol. The number of hydrogen-bond donors (Lipinski definition) is 1. The second-order valence-electron chi connectivity index (χ2n) is 4.70. The third-order valence-electron chi connectivity index (χ3n) is 3.34. The summed E-state index contributed by atoms with van der Waals surface area (Å²) in [5.74, 6) is 0.180. The summed E-state index contributed by atoms with van der Waals surface area (Å²) < 4.78 is 0. The largest absolute Gasteiger partial charge is 0.305 e. The molecular formula is C13H15Cl2NO. The van der Waals surface area contributed by atoms with Crippen LogP contribution in [0.15, 0.2) is 18.2 Å². The Hall–Kier alpha value is -0.570. The quantitative estimate of drug-likeness (QED) is 0.915. The summed E-state index contributed by atoms with van der Waals surface area (Å²) in [6.07, 6.45) is 2.28. The van der Waals surface area contributed by atoms with Crippen molar-refractivity contribution in [2.24, 2.45) is 0 Å². The van der Waals surface area contributed by atoms with E-state index in [1.807, 2.05) is 6.92 Å². The van der Waals surface area contributed by atoms with Crippen LogP contribution in [0.4, 0.5) is 0 Å². The van der Waals surface area contributed by atoms with Crippen molar-refractivity contribution in [3.05, 3.63) is 33.8 Å². The maximum Gasteiger partial charge on any atom is 0.156 e. The molecule has 1 heterocycles. The van der Waals surface area contributed by atoms with Gasteiger partial charge in [-0.25, -0.2) is 0 Å². The molecule has 4 heteroatoms. The van der Waals surface area contributed by atoms with Crippen molar-refractivity contribution in [2.75, 3.05) is 6.54 Å². The van der Waals surface area contributed by atoms with E-state index in [0.29, 0.717) is 16.5 Å². The minimum absolute atomic E-state index is 0.180. The normalized spacial score (nSPS) is 23.9. The van der Waals surface area contributed by atoms with Crippen LogP contribution < -0.4 is 5.32 Å². The highest BCUT2D eigenvalue weighted by molar-refractivity contribution is 6.33. The molecule has 1 N–H and O–H groups in total. The average molecular weight is 272 g/mol. The minimum atomic E-state index is -0.397. The molecule has 0 bridgehead atoms. The molecule has 2 rings (SSSR count). The van der Waals surface area contributed by atoms with Crippen molar-refractivity contribution in [1.82, 2.24) is 5.32 Å². The second kappa shape index (κ2) is 4.97. The Morgan fingerprint density at radius 2 is 2.24 bits per heavy atom. The molecule has 1 aliphatic heterocycles. The van der Waals surface area contributed by atoms with Gasteiger partial charge in [0.05, 0.1) is 5.54 Å². The highest BCUT2D eigenvalue weighted by atomic mass is 35.5. The van der Waals surface area contributed by atoms with Crippen LogP contribution in [0.2, 0.25) is 10.0 Å². The lowest BCUT2D eigenvalue weighted by Gasteiger charge is -2.22. The lowest BCUT2D eigenvalue weighted by atomic mass is 9.90. The van der Waals surface area contributed by atoms with Gasteiger partial charge in [0.25, 0.3) is 0 Å². The standard InChI is InChI=1S/C13H15Cl2NO/c1-13(5-2-6-16-13)12(17)8-9-7-10(14)3-4-11(9)15/h3-4,7,16H,2,5-6,8H2,1H3. The number of hydrogen-bond acceptors (Lipinski definition) is 2. The molecule has 0 saturated carbocycles. The van der Waals surface area contributed by atoms with Crippen LogP contribution >= 0.6 is 23.2 Å². The number of carbonyl (C=O) groups excluding carboxylic acids is 1. The smallest absolute Gasteiger partial charge is 0.156 e. The van der Waals surface area contributed by atoms with E-state index in [2.05, 4.69) is 5.32 Å². The number of rotatable bonds is 3. The number of carbonyl (C=O) groups is 1. The molecular weight excluding hydrogens is 257 g/mol. The van der Waals surface area contributed by atoms with Gasteiger partial charge in [0.15, 0.2) is 5.78 Å². The van der Waals surface area contributed by atoms with E-state index < -0.39 is 5.54 Å². The molecule has 1 unspecified atom stereocenters. The summed E-state index contributed by atoms with van der Waals surface area (Å²) in [6.45, 7) is 2.87. The maximum absolute atomic E-state index is 12.2. The third kappa shape index (κ3) is 2.82. The van der Waals surface area contributed by atoms with Gasteiger partial charge in [0.2, 0.25) is 0 Å². The number of ketones is 1. The first kappa shape index (κ1) is 12.9. The zero-order valence-electron chi connectivity index (χ0n) is 9.72. The summed E-state index contributed by atoms with van der Waals surface area (Å²) >= 11 is 12.0. The molecule has 92 valence electrons. The zero-order chi connectivity index (χ0) is 12.5. The highest BCUT2D eigenvalue weighted by Gasteiger charge is 2.35. The van der Waals surface area contributed by atoms with Crippen molar-refractivity contribution in [1.29, 1.82) is 0 Å². The van der Waals surface area contributed by atoms with Crippen LogP contribution in [-0.2, 0) is 11.2 Å². The first-order valence-electron chi connectivity index (χ1n) is 5.73. The molecule has 1 fully saturated rings. The van der Waals surface area contributed by atoms with Crippen molar-refractivity contribution in [3.63, 3.8) is 0 Å². The van der Waals surface area contributed by atoms with Gasteiger partial charge in [0, 0.05) is 16.5 Å². The highest BCUT2D eigenvalue weighted by Crippen LogP contribution is 2.25. The summed E-state index contributed by atoms with van der Waals surface area (Å²) in [5.41, 5.74) is 0.408. The Morgan fingerprint density at radius 3 is 2.88 bits per heavy atom. The van der Waals surface area contributed by atoms with E-state index >= 15 is 0 Å². The molecule has 1 aliphatic rings. The van der Waals surface area contributed by atoms with Crippen molar-refractivity contribution >= 4 is 29.0 Å². The SMILES string of the molecule is CC1(C(=O)Cc2cc(Cl)ccc2Cl)CCCN1. The Morgan fingerprint density at radius 1 is 1.47 bits per heavy atom. The molecule has 0 amide bonds. The van der Waals surface area contributed by atoms with Crippen LogP contribution in [0.1, 0.15) is 25.3 Å². The third-order valence-corrected chi connectivity index (χ3v) is 3.95. The fraction of sp³-hybridized carbons (Fsp3) is 0.462. The van der Waals surface area contributed by atoms with E-state index in [4.69, 9.17) is 23.2 Å². The Balaban J connectivity index is 2.15. The predicted molar refractivity (Wildman–Crippen MR) is 70.8 cm³/mol. The summed E-state index contributed by atoms with van der Waals surface area (Å²) in [7, 11) is 0. The number of Topliss-reactive ketones (excluding diaryl/α,β-unsaturated/α-hetero) is 1. The lowest BCUT2D eigenvalue weighted by molar-refractivity contribution is -0.123. The Kier molecular flexibility index (Phi) is 3.76. The van der Waals surface area contributed by atoms with Crippen LogP contribution in [-0.4, -0.2) is 17.9 Å². The molecule has 2 nitrogen and oxygen atoms in total. The van der Waals surface area contributed by atoms with Gasteiger partial charge in [-0.3, -0.25) is 4.79 Å². The fourth-order valence-corrected chi connectivity index (χ4v) is 2.56. The number of halogens is 2. The van der Waals surface area contributed by atoms with Crippen molar-refractivity contribution in [3.8, 4) is 0 Å². The van der Waals surface area contributed by atoms with Gasteiger partial charge in [-0.15, -0.1) is 0 Å². The zero-order valence-corrected chi connectivity index (χ0v) is 11.2. The van der Waals surface area contributed by atoms with Crippen LogP contribution in [0, 0.1) is 0 Å². The second-order valence-corrected chi connectivity index (χ2v) is 5.54. The van der Waals surface area contributed by atoms with Gasteiger partial charge < -0.3 is 5.32 Å².